The molecule has 0 aliphatic carbocycles. The Morgan fingerprint density at radius 2 is 2.20 bits per heavy atom. The van der Waals surface area contributed by atoms with Gasteiger partial charge < -0.3 is 10.5 Å². The fourth-order valence-corrected chi connectivity index (χ4v) is 2.34. The molecule has 0 aliphatic rings. The van der Waals surface area contributed by atoms with Gasteiger partial charge in [0.15, 0.2) is 0 Å². The molecule has 1 aromatic heterocycles. The number of methoxy groups -OCH3 is 1. The first-order valence-corrected chi connectivity index (χ1v) is 5.78. The molecule has 2 N–H and O–H groups in total. The number of hydrogen-bond donors (Lipinski definition) is 1. The Kier molecular flexibility index (Phi) is 4.29. The molecule has 3 nitrogen and oxygen atoms in total. The summed E-state index contributed by atoms with van der Waals surface area (Å²) in [5.74, 6) is 0.174. The van der Waals surface area contributed by atoms with Crippen LogP contribution in [0.1, 0.15) is 29.5 Å². The van der Waals surface area contributed by atoms with Crippen LogP contribution < -0.4 is 5.73 Å². The Bertz CT molecular complexity index is 333. The van der Waals surface area contributed by atoms with Gasteiger partial charge in [-0.3, -0.25) is 4.79 Å². The van der Waals surface area contributed by atoms with Gasteiger partial charge in [-0.25, -0.2) is 0 Å². The van der Waals surface area contributed by atoms with Crippen LogP contribution >= 0.6 is 11.3 Å². The third-order valence-electron chi connectivity index (χ3n) is 2.18. The van der Waals surface area contributed by atoms with E-state index in [0.717, 1.165) is 4.88 Å². The largest absolute Gasteiger partial charge is 0.468 e. The Morgan fingerprint density at radius 1 is 1.53 bits per heavy atom. The van der Waals surface area contributed by atoms with Crippen LogP contribution in [-0.2, 0) is 16.0 Å². The Balaban J connectivity index is 2.61. The second-order valence-electron chi connectivity index (χ2n) is 3.79. The Hall–Kier alpha value is -0.870. The van der Waals surface area contributed by atoms with Crippen molar-refractivity contribution < 1.29 is 9.53 Å². The summed E-state index contributed by atoms with van der Waals surface area (Å²) in [4.78, 5) is 13.6. The molecule has 0 amide bonds. The number of hydrogen-bond acceptors (Lipinski definition) is 4. The molecule has 0 fully saturated rings. The van der Waals surface area contributed by atoms with Gasteiger partial charge in [0.05, 0.1) is 7.11 Å². The lowest BCUT2D eigenvalue weighted by Gasteiger charge is -2.06. The van der Waals surface area contributed by atoms with Crippen LogP contribution in [0.15, 0.2) is 12.1 Å². The summed E-state index contributed by atoms with van der Waals surface area (Å²) in [5.41, 5.74) is 5.68. The molecule has 0 spiro atoms. The first-order valence-electron chi connectivity index (χ1n) is 4.96. The molecule has 1 unspecified atom stereocenters. The maximum atomic E-state index is 11.1. The van der Waals surface area contributed by atoms with Gasteiger partial charge >= 0.3 is 5.97 Å². The SMILES string of the molecule is COC(=O)C(N)Cc1ccc(C(C)C)s1. The van der Waals surface area contributed by atoms with Crippen LogP contribution in [0.25, 0.3) is 0 Å². The first-order chi connectivity index (χ1) is 7.04. The third-order valence-corrected chi connectivity index (χ3v) is 3.58. The molecule has 0 bridgehead atoms. The van der Waals surface area contributed by atoms with Crippen molar-refractivity contribution in [1.29, 1.82) is 0 Å². The van der Waals surface area contributed by atoms with Gasteiger partial charge in [-0.1, -0.05) is 13.8 Å². The quantitative estimate of drug-likeness (QED) is 0.799. The zero-order valence-corrected chi connectivity index (χ0v) is 10.1. The van der Waals surface area contributed by atoms with E-state index in [9.17, 15) is 4.79 Å². The number of thiophene rings is 1. The summed E-state index contributed by atoms with van der Waals surface area (Å²) in [6, 6.07) is 3.57. The van der Waals surface area contributed by atoms with Crippen LogP contribution in [0.4, 0.5) is 0 Å². The summed E-state index contributed by atoms with van der Waals surface area (Å²) in [7, 11) is 1.36. The van der Waals surface area contributed by atoms with Gasteiger partial charge in [0.25, 0.3) is 0 Å². The standard InChI is InChI=1S/C11H17NO2S/c1-7(2)10-5-4-8(15-10)6-9(12)11(13)14-3/h4-5,7,9H,6,12H2,1-3H3. The second kappa shape index (κ2) is 5.28. The third kappa shape index (κ3) is 3.32. The fraction of sp³-hybridized carbons (Fsp3) is 0.545. The highest BCUT2D eigenvalue weighted by atomic mass is 32.1. The van der Waals surface area contributed by atoms with E-state index < -0.39 is 6.04 Å². The van der Waals surface area contributed by atoms with Crippen LogP contribution in [0, 0.1) is 0 Å². The van der Waals surface area contributed by atoms with Crippen molar-refractivity contribution >= 4 is 17.3 Å². The highest BCUT2D eigenvalue weighted by molar-refractivity contribution is 7.12. The molecule has 1 aromatic rings. The molecule has 84 valence electrons. The number of carbonyl (C=O) groups excluding carboxylic acids is 1. The molecule has 1 atom stereocenters. The molecule has 15 heavy (non-hydrogen) atoms. The molecule has 0 saturated heterocycles. The van der Waals surface area contributed by atoms with Crippen molar-refractivity contribution in [2.75, 3.05) is 7.11 Å². The van der Waals surface area contributed by atoms with E-state index in [0.29, 0.717) is 12.3 Å². The molecule has 0 radical (unpaired) electrons. The normalized spacial score (nSPS) is 12.9. The van der Waals surface area contributed by atoms with Gasteiger partial charge in [0, 0.05) is 16.2 Å². The highest BCUT2D eigenvalue weighted by Crippen LogP contribution is 2.24. The van der Waals surface area contributed by atoms with Crippen molar-refractivity contribution in [2.24, 2.45) is 5.73 Å². The number of rotatable bonds is 4. The molecule has 1 rings (SSSR count). The van der Waals surface area contributed by atoms with Crippen molar-refractivity contribution in [3.63, 3.8) is 0 Å². The first kappa shape index (κ1) is 12.2. The predicted molar refractivity (Wildman–Crippen MR) is 62.1 cm³/mol. The van der Waals surface area contributed by atoms with Crippen molar-refractivity contribution in [3.8, 4) is 0 Å². The second-order valence-corrected chi connectivity index (χ2v) is 4.99. The van der Waals surface area contributed by atoms with Crippen molar-refractivity contribution in [3.05, 3.63) is 21.9 Å². The van der Waals surface area contributed by atoms with Gasteiger partial charge in [-0.05, 0) is 18.1 Å². The van der Waals surface area contributed by atoms with Crippen LogP contribution in [0.3, 0.4) is 0 Å². The van der Waals surface area contributed by atoms with E-state index in [1.54, 1.807) is 11.3 Å². The molecular formula is C11H17NO2S. The maximum Gasteiger partial charge on any atom is 0.323 e. The van der Waals surface area contributed by atoms with E-state index in [2.05, 4.69) is 24.7 Å². The Labute approximate surface area is 94.2 Å². The Morgan fingerprint density at radius 3 is 2.67 bits per heavy atom. The number of ether oxygens (including phenoxy) is 1. The monoisotopic (exact) mass is 227 g/mol. The average Bonchev–Trinajstić information content (AvgIpc) is 2.65. The van der Waals surface area contributed by atoms with E-state index in [4.69, 9.17) is 5.73 Å². The lowest BCUT2D eigenvalue weighted by Crippen LogP contribution is -2.33. The molecule has 4 heteroatoms. The van der Waals surface area contributed by atoms with Gasteiger partial charge in [0.1, 0.15) is 6.04 Å². The molecular weight excluding hydrogens is 210 g/mol. The molecule has 1 heterocycles. The zero-order valence-electron chi connectivity index (χ0n) is 9.32. The van der Waals surface area contributed by atoms with Crippen LogP contribution in [0.5, 0.6) is 0 Å². The minimum absolute atomic E-state index is 0.352. The zero-order chi connectivity index (χ0) is 11.4. The lowest BCUT2D eigenvalue weighted by molar-refractivity contribution is -0.142. The van der Waals surface area contributed by atoms with E-state index in [-0.39, 0.29) is 5.97 Å². The van der Waals surface area contributed by atoms with Crippen molar-refractivity contribution in [1.82, 2.24) is 0 Å². The summed E-state index contributed by atoms with van der Waals surface area (Å²) in [5, 5.41) is 0. The van der Waals surface area contributed by atoms with Gasteiger partial charge in [-0.2, -0.15) is 0 Å². The summed E-state index contributed by atoms with van der Waals surface area (Å²) < 4.78 is 4.58. The predicted octanol–water partition coefficient (Wildman–Crippen LogP) is 1.91. The summed E-state index contributed by atoms with van der Waals surface area (Å²) >= 11 is 1.71. The van der Waals surface area contributed by atoms with Gasteiger partial charge in [-0.15, -0.1) is 11.3 Å². The average molecular weight is 227 g/mol. The molecule has 0 aliphatic heterocycles. The molecule has 0 aromatic carbocycles. The minimum Gasteiger partial charge on any atom is -0.468 e. The lowest BCUT2D eigenvalue weighted by atomic mass is 10.1. The van der Waals surface area contributed by atoms with Crippen LogP contribution in [-0.4, -0.2) is 19.1 Å². The summed E-state index contributed by atoms with van der Waals surface area (Å²) in [6.07, 6.45) is 0.560. The number of nitrogens with two attached hydrogens (primary N) is 1. The molecule has 0 saturated carbocycles. The van der Waals surface area contributed by atoms with E-state index in [1.807, 2.05) is 6.07 Å². The highest BCUT2D eigenvalue weighted by Gasteiger charge is 2.15. The van der Waals surface area contributed by atoms with E-state index in [1.165, 1.54) is 12.0 Å². The fourth-order valence-electron chi connectivity index (χ4n) is 1.27. The van der Waals surface area contributed by atoms with Crippen molar-refractivity contribution in [2.45, 2.75) is 32.2 Å². The van der Waals surface area contributed by atoms with E-state index >= 15 is 0 Å². The smallest absolute Gasteiger partial charge is 0.323 e. The number of esters is 1. The topological polar surface area (TPSA) is 52.3 Å². The summed E-state index contributed by atoms with van der Waals surface area (Å²) in [6.45, 7) is 4.30. The minimum atomic E-state index is -0.548. The van der Waals surface area contributed by atoms with Gasteiger partial charge in [0.2, 0.25) is 0 Å². The van der Waals surface area contributed by atoms with Crippen LogP contribution in [0.2, 0.25) is 0 Å². The maximum absolute atomic E-state index is 11.1. The number of carbonyl (C=O) groups is 1.